The summed E-state index contributed by atoms with van der Waals surface area (Å²) in [5.74, 6) is 0.752. The van der Waals surface area contributed by atoms with E-state index in [2.05, 4.69) is 39.3 Å². The lowest BCUT2D eigenvalue weighted by molar-refractivity contribution is -0.965. The van der Waals surface area contributed by atoms with Gasteiger partial charge >= 0.3 is 0 Å². The van der Waals surface area contributed by atoms with Crippen LogP contribution in [0.3, 0.4) is 0 Å². The van der Waals surface area contributed by atoms with Crippen molar-refractivity contribution in [1.29, 1.82) is 0 Å². The molecule has 2 bridgehead atoms. The molecule has 4 rings (SSSR count). The van der Waals surface area contributed by atoms with E-state index >= 15 is 0 Å². The molecule has 3 aliphatic heterocycles. The molecule has 84 valence electrons. The van der Waals surface area contributed by atoms with Gasteiger partial charge in [0.2, 0.25) is 0 Å². The lowest BCUT2D eigenvalue weighted by atomic mass is 9.70. The van der Waals surface area contributed by atoms with E-state index in [1.807, 2.05) is 0 Å². The summed E-state index contributed by atoms with van der Waals surface area (Å²) < 4.78 is 0.925. The largest absolute Gasteiger partial charge is 1.00 e. The number of rotatable bonds is 0. The number of nitrogens with zero attached hydrogens (tertiary/aromatic N) is 2. The molecule has 0 spiro atoms. The van der Waals surface area contributed by atoms with Crippen molar-refractivity contribution in [2.45, 2.75) is 38.8 Å². The molecule has 4 aliphatic rings. The van der Waals surface area contributed by atoms with Crippen LogP contribution in [-0.2, 0) is 0 Å². The van der Waals surface area contributed by atoms with Crippen LogP contribution in [0.1, 0.15) is 26.7 Å². The zero-order valence-electron chi connectivity index (χ0n) is 9.65. The van der Waals surface area contributed by atoms with Crippen LogP contribution in [0.5, 0.6) is 0 Å². The summed E-state index contributed by atoms with van der Waals surface area (Å²) in [6.45, 7) is 4.67. The molecule has 0 radical (unpaired) electrons. The summed E-state index contributed by atoms with van der Waals surface area (Å²) in [6, 6.07) is 1.33. The fraction of sp³-hybridized carbons (Fsp3) is 0.750. The minimum absolute atomic E-state index is 0. The third kappa shape index (κ3) is 1.35. The van der Waals surface area contributed by atoms with Crippen molar-refractivity contribution in [2.24, 2.45) is 16.4 Å². The van der Waals surface area contributed by atoms with E-state index in [1.165, 1.54) is 12.8 Å². The zero-order valence-corrected chi connectivity index (χ0v) is 11.8. The molecule has 3 heterocycles. The highest BCUT2D eigenvalue weighted by Gasteiger charge is 2.59. The Morgan fingerprint density at radius 2 is 2.00 bits per heavy atom. The lowest BCUT2D eigenvalue weighted by Gasteiger charge is -2.50. The predicted octanol–water partition coefficient (Wildman–Crippen LogP) is -0.820. The van der Waals surface area contributed by atoms with Crippen LogP contribution in [0.25, 0.3) is 0 Å². The van der Waals surface area contributed by atoms with Crippen molar-refractivity contribution in [3.63, 3.8) is 0 Å². The standard InChI is InChI=1S/C12H19N2.HI/c1-12(2)8-13-14(3)10-6-4-9(5-7-10)11(12)14;/h4,6,8-11H,5,7H2,1-3H3;1H/q+1;/p-1. The average molecular weight is 318 g/mol. The first kappa shape index (κ1) is 11.6. The molecule has 2 nitrogen and oxygen atoms in total. The Kier molecular flexibility index (Phi) is 2.54. The van der Waals surface area contributed by atoms with Gasteiger partial charge < -0.3 is 24.0 Å². The van der Waals surface area contributed by atoms with E-state index in [0.717, 1.165) is 10.5 Å². The molecule has 3 heteroatoms. The molecule has 1 fully saturated rings. The Morgan fingerprint density at radius 1 is 1.27 bits per heavy atom. The number of hydrogen-bond donors (Lipinski definition) is 0. The number of hydrogen-bond acceptors (Lipinski definition) is 1. The Labute approximate surface area is 109 Å². The molecular formula is C12H19IN2. The van der Waals surface area contributed by atoms with E-state index in [0.29, 0.717) is 12.1 Å². The first-order chi connectivity index (χ1) is 6.54. The highest BCUT2D eigenvalue weighted by atomic mass is 127. The van der Waals surface area contributed by atoms with Crippen LogP contribution in [0.2, 0.25) is 0 Å². The predicted molar refractivity (Wildman–Crippen MR) is 57.9 cm³/mol. The number of piperidine rings is 1. The first-order valence-corrected chi connectivity index (χ1v) is 5.65. The van der Waals surface area contributed by atoms with Crippen LogP contribution in [0, 0.1) is 11.3 Å². The second kappa shape index (κ2) is 3.29. The van der Waals surface area contributed by atoms with Gasteiger partial charge in [-0.2, -0.15) is 4.59 Å². The second-order valence-corrected chi connectivity index (χ2v) is 5.80. The SMILES string of the molecule is CC1(C)C=N[N+]2(C)C3C=CC(CC3)C12.[I-]. The molecule has 0 aromatic carbocycles. The van der Waals surface area contributed by atoms with Crippen LogP contribution in [0.15, 0.2) is 17.3 Å². The summed E-state index contributed by atoms with van der Waals surface area (Å²) >= 11 is 0. The molecule has 0 aromatic heterocycles. The molecule has 0 N–H and O–H groups in total. The fourth-order valence-electron chi connectivity index (χ4n) is 3.85. The van der Waals surface area contributed by atoms with Crippen LogP contribution >= 0.6 is 0 Å². The minimum Gasteiger partial charge on any atom is -1.00 e. The van der Waals surface area contributed by atoms with Crippen molar-refractivity contribution >= 4 is 6.21 Å². The summed E-state index contributed by atoms with van der Waals surface area (Å²) in [5, 5.41) is 4.79. The molecular weight excluding hydrogens is 299 g/mol. The Hall–Kier alpha value is 0.100. The van der Waals surface area contributed by atoms with Gasteiger partial charge in [0, 0.05) is 12.3 Å². The maximum absolute atomic E-state index is 4.79. The maximum Gasteiger partial charge on any atom is 0.132 e. The molecule has 0 amide bonds. The summed E-state index contributed by atoms with van der Waals surface area (Å²) in [5.41, 5.74) is 0.281. The summed E-state index contributed by atoms with van der Waals surface area (Å²) in [6.07, 6.45) is 9.71. The summed E-state index contributed by atoms with van der Waals surface area (Å²) in [7, 11) is 2.30. The van der Waals surface area contributed by atoms with Gasteiger partial charge in [-0.3, -0.25) is 0 Å². The highest BCUT2D eigenvalue weighted by molar-refractivity contribution is 5.67. The van der Waals surface area contributed by atoms with Crippen LogP contribution in [0.4, 0.5) is 0 Å². The monoisotopic (exact) mass is 318 g/mol. The van der Waals surface area contributed by atoms with Gasteiger partial charge in [0.15, 0.2) is 0 Å². The Balaban J connectivity index is 0.000000853. The van der Waals surface area contributed by atoms with Gasteiger partial charge in [0.25, 0.3) is 0 Å². The smallest absolute Gasteiger partial charge is 0.132 e. The third-order valence-electron chi connectivity index (χ3n) is 4.42. The van der Waals surface area contributed by atoms with Crippen molar-refractivity contribution in [2.75, 3.05) is 7.05 Å². The van der Waals surface area contributed by atoms with Crippen molar-refractivity contribution in [3.8, 4) is 0 Å². The molecule has 4 unspecified atom stereocenters. The van der Waals surface area contributed by atoms with E-state index in [4.69, 9.17) is 5.10 Å². The quantitative estimate of drug-likeness (QED) is 0.314. The van der Waals surface area contributed by atoms with Crippen molar-refractivity contribution < 1.29 is 28.6 Å². The number of quaternary nitrogens is 1. The van der Waals surface area contributed by atoms with Gasteiger partial charge in [-0.25, -0.2) is 0 Å². The van der Waals surface area contributed by atoms with E-state index < -0.39 is 0 Å². The number of halogens is 1. The zero-order chi connectivity index (χ0) is 9.97. The molecule has 1 aliphatic carbocycles. The Morgan fingerprint density at radius 3 is 2.53 bits per heavy atom. The van der Waals surface area contributed by atoms with Crippen LogP contribution < -0.4 is 24.0 Å². The molecule has 4 atom stereocenters. The van der Waals surface area contributed by atoms with E-state index in [9.17, 15) is 0 Å². The maximum atomic E-state index is 4.79. The van der Waals surface area contributed by atoms with E-state index in [1.54, 1.807) is 0 Å². The van der Waals surface area contributed by atoms with Gasteiger partial charge in [-0.15, -0.1) is 0 Å². The van der Waals surface area contributed by atoms with Gasteiger partial charge in [-0.05, 0) is 26.3 Å². The number of likely N-dealkylation sites (N-methyl/N-ethyl adjacent to an activating group) is 1. The summed E-state index contributed by atoms with van der Waals surface area (Å²) in [4.78, 5) is 0. The molecule has 1 saturated heterocycles. The number of fused-ring (bicyclic) bond motifs is 1. The Bertz CT molecular complexity index is 335. The minimum atomic E-state index is 0. The van der Waals surface area contributed by atoms with Gasteiger partial charge in [0.1, 0.15) is 12.1 Å². The van der Waals surface area contributed by atoms with E-state index in [-0.39, 0.29) is 29.4 Å². The first-order valence-electron chi connectivity index (χ1n) is 5.65. The second-order valence-electron chi connectivity index (χ2n) is 5.80. The van der Waals surface area contributed by atoms with Crippen LogP contribution in [-0.4, -0.2) is 29.9 Å². The topological polar surface area (TPSA) is 12.4 Å². The third-order valence-corrected chi connectivity index (χ3v) is 4.42. The average Bonchev–Trinajstić information content (AvgIpc) is 2.42. The molecule has 0 saturated carbocycles. The van der Waals surface area contributed by atoms with Gasteiger partial charge in [-0.1, -0.05) is 11.2 Å². The molecule has 15 heavy (non-hydrogen) atoms. The highest BCUT2D eigenvalue weighted by Crippen LogP contribution is 2.49. The van der Waals surface area contributed by atoms with Crippen molar-refractivity contribution in [1.82, 2.24) is 0 Å². The van der Waals surface area contributed by atoms with Crippen molar-refractivity contribution in [3.05, 3.63) is 12.2 Å². The normalized spacial score (nSPS) is 48.9. The fourth-order valence-corrected chi connectivity index (χ4v) is 3.85. The molecule has 0 aromatic rings. The van der Waals surface area contributed by atoms with Gasteiger partial charge in [0.05, 0.1) is 18.7 Å². The lowest BCUT2D eigenvalue weighted by Crippen LogP contribution is -3.00.